The van der Waals surface area contributed by atoms with Gasteiger partial charge in [-0.15, -0.1) is 11.3 Å². The molecule has 2 heterocycles. The summed E-state index contributed by atoms with van der Waals surface area (Å²) in [7, 11) is 0. The summed E-state index contributed by atoms with van der Waals surface area (Å²) in [4.78, 5) is 15.3. The average molecular weight is 618 g/mol. The Morgan fingerprint density at radius 3 is 1.40 bits per heavy atom. The van der Waals surface area contributed by atoms with Crippen molar-refractivity contribution in [1.29, 1.82) is 0 Å². The van der Waals surface area contributed by atoms with Crippen LogP contribution < -0.4 is 0 Å². The third-order valence-electron chi connectivity index (χ3n) is 8.70. The molecule has 0 aliphatic rings. The fourth-order valence-electron chi connectivity index (χ4n) is 6.35. The highest BCUT2D eigenvalue weighted by atomic mass is 32.1. The first-order chi connectivity index (χ1) is 23.3. The highest BCUT2D eigenvalue weighted by molar-refractivity contribution is 7.26. The van der Waals surface area contributed by atoms with E-state index >= 15 is 0 Å². The van der Waals surface area contributed by atoms with Crippen LogP contribution in [0.15, 0.2) is 164 Å². The lowest BCUT2D eigenvalue weighted by atomic mass is 9.96. The van der Waals surface area contributed by atoms with Crippen molar-refractivity contribution < 1.29 is 0 Å². The van der Waals surface area contributed by atoms with Crippen molar-refractivity contribution in [1.82, 2.24) is 15.0 Å². The second-order valence-electron chi connectivity index (χ2n) is 11.7. The number of aromatic nitrogens is 3. The Hall–Kier alpha value is -5.97. The second-order valence-corrected chi connectivity index (χ2v) is 12.8. The largest absolute Gasteiger partial charge is 0.208 e. The minimum Gasteiger partial charge on any atom is -0.208 e. The van der Waals surface area contributed by atoms with E-state index in [-0.39, 0.29) is 0 Å². The molecule has 2 aromatic heterocycles. The lowest BCUT2D eigenvalue weighted by Crippen LogP contribution is -2.00. The van der Waals surface area contributed by atoms with Crippen molar-refractivity contribution in [2.75, 3.05) is 0 Å². The fourth-order valence-corrected chi connectivity index (χ4v) is 7.55. The van der Waals surface area contributed by atoms with Crippen molar-refractivity contribution in [2.24, 2.45) is 0 Å². The van der Waals surface area contributed by atoms with Gasteiger partial charge in [-0.2, -0.15) is 0 Å². The minimum absolute atomic E-state index is 0.658. The van der Waals surface area contributed by atoms with Crippen LogP contribution in [0.4, 0.5) is 0 Å². The summed E-state index contributed by atoms with van der Waals surface area (Å²) in [6.45, 7) is 0. The molecule has 0 fully saturated rings. The van der Waals surface area contributed by atoms with Crippen LogP contribution in [0.3, 0.4) is 0 Å². The zero-order valence-corrected chi connectivity index (χ0v) is 26.2. The van der Waals surface area contributed by atoms with E-state index < -0.39 is 0 Å². The Morgan fingerprint density at radius 2 is 0.809 bits per heavy atom. The van der Waals surface area contributed by atoms with Gasteiger partial charge in [-0.05, 0) is 57.3 Å². The smallest absolute Gasteiger partial charge is 0.164 e. The van der Waals surface area contributed by atoms with Gasteiger partial charge in [0.1, 0.15) is 0 Å². The van der Waals surface area contributed by atoms with Crippen LogP contribution in [0, 0.1) is 0 Å². The molecule has 3 nitrogen and oxygen atoms in total. The van der Waals surface area contributed by atoms with E-state index in [9.17, 15) is 0 Å². The molecule has 47 heavy (non-hydrogen) atoms. The molecule has 9 aromatic rings. The zero-order chi connectivity index (χ0) is 31.2. The van der Waals surface area contributed by atoms with Crippen LogP contribution in [0.1, 0.15) is 0 Å². The highest BCUT2D eigenvalue weighted by Gasteiger charge is 2.19. The van der Waals surface area contributed by atoms with Crippen molar-refractivity contribution in [2.45, 2.75) is 0 Å². The van der Waals surface area contributed by atoms with Crippen LogP contribution in [0.25, 0.3) is 87.4 Å². The van der Waals surface area contributed by atoms with Crippen LogP contribution in [-0.4, -0.2) is 15.0 Å². The third-order valence-corrected chi connectivity index (χ3v) is 9.80. The monoisotopic (exact) mass is 617 g/mol. The number of hydrogen-bond donors (Lipinski definition) is 0. The van der Waals surface area contributed by atoms with Gasteiger partial charge in [0.2, 0.25) is 0 Å². The Balaban J connectivity index is 1.31. The van der Waals surface area contributed by atoms with E-state index in [1.165, 1.54) is 42.1 Å². The first-order valence-electron chi connectivity index (χ1n) is 15.7. The summed E-state index contributed by atoms with van der Waals surface area (Å²) in [5, 5.41) is 4.84. The molecule has 0 aliphatic carbocycles. The molecule has 0 radical (unpaired) electrons. The minimum atomic E-state index is 0.658. The maximum atomic E-state index is 5.17. The van der Waals surface area contributed by atoms with Gasteiger partial charge in [-0.3, -0.25) is 0 Å². The second kappa shape index (κ2) is 11.4. The van der Waals surface area contributed by atoms with Crippen molar-refractivity contribution in [3.05, 3.63) is 164 Å². The molecule has 0 atom stereocenters. The van der Waals surface area contributed by atoms with Crippen LogP contribution in [0.5, 0.6) is 0 Å². The van der Waals surface area contributed by atoms with Crippen LogP contribution >= 0.6 is 11.3 Å². The molecular formula is C43H27N3S. The van der Waals surface area contributed by atoms with Gasteiger partial charge in [-0.25, -0.2) is 15.0 Å². The van der Waals surface area contributed by atoms with E-state index in [1.54, 1.807) is 0 Å². The van der Waals surface area contributed by atoms with Crippen molar-refractivity contribution >= 4 is 42.3 Å². The van der Waals surface area contributed by atoms with E-state index in [4.69, 9.17) is 15.0 Å². The Labute approximate surface area is 276 Å². The lowest BCUT2D eigenvalue weighted by molar-refractivity contribution is 1.08. The number of hydrogen-bond acceptors (Lipinski definition) is 4. The van der Waals surface area contributed by atoms with E-state index in [0.29, 0.717) is 17.5 Å². The first-order valence-corrected chi connectivity index (χ1v) is 16.5. The normalized spacial score (nSPS) is 11.4. The molecule has 0 N–H and O–H groups in total. The SMILES string of the molecule is c1ccc(-c2ccc(-c3cc(-c4nc(-c5ccccc5)nc(-c5ccccc5)n4)c4c(c3)sc3cc5ccccc5cc34)cc2)cc1. The number of nitrogens with zero attached hydrogens (tertiary/aromatic N) is 3. The fraction of sp³-hybridized carbons (Fsp3) is 0. The predicted octanol–water partition coefficient (Wildman–Crippen LogP) is 11.7. The van der Waals surface area contributed by atoms with Crippen LogP contribution in [-0.2, 0) is 0 Å². The lowest BCUT2D eigenvalue weighted by Gasteiger charge is -2.12. The van der Waals surface area contributed by atoms with Gasteiger partial charge in [0, 0.05) is 36.9 Å². The van der Waals surface area contributed by atoms with E-state index in [0.717, 1.165) is 27.8 Å². The van der Waals surface area contributed by atoms with Gasteiger partial charge in [0.05, 0.1) is 0 Å². The molecule has 0 aliphatic heterocycles. The molecule has 0 spiro atoms. The molecule has 4 heteroatoms. The molecular weight excluding hydrogens is 591 g/mol. The molecule has 9 rings (SSSR count). The summed E-state index contributed by atoms with van der Waals surface area (Å²) in [6, 6.07) is 57.5. The number of benzene rings is 7. The summed E-state index contributed by atoms with van der Waals surface area (Å²) in [6.07, 6.45) is 0. The Bertz CT molecular complexity index is 2480. The van der Waals surface area contributed by atoms with Crippen molar-refractivity contribution in [3.8, 4) is 56.4 Å². The topological polar surface area (TPSA) is 38.7 Å². The average Bonchev–Trinajstić information content (AvgIpc) is 3.51. The quantitative estimate of drug-likeness (QED) is 0.193. The molecule has 0 bridgehead atoms. The Morgan fingerprint density at radius 1 is 0.340 bits per heavy atom. The molecule has 0 saturated heterocycles. The van der Waals surface area contributed by atoms with Gasteiger partial charge >= 0.3 is 0 Å². The third kappa shape index (κ3) is 5.05. The predicted molar refractivity (Wildman–Crippen MR) is 197 cm³/mol. The summed E-state index contributed by atoms with van der Waals surface area (Å²) in [5.74, 6) is 1.98. The number of rotatable bonds is 5. The standard InChI is InChI=1S/C43H27N3S/c1-4-12-28(13-5-1)29-20-22-30(23-21-29)35-25-37(40-36-24-33-18-10-11-19-34(33)26-38(36)47-39(40)27-35)43-45-41(31-14-6-2-7-15-31)44-42(46-43)32-16-8-3-9-17-32/h1-27H. The van der Waals surface area contributed by atoms with Gasteiger partial charge in [0.15, 0.2) is 17.5 Å². The Kier molecular flexibility index (Phi) is 6.65. The van der Waals surface area contributed by atoms with E-state index in [2.05, 4.69) is 127 Å². The molecule has 7 aromatic carbocycles. The summed E-state index contributed by atoms with van der Waals surface area (Å²) >= 11 is 1.82. The molecule has 0 unspecified atom stereocenters. The molecule has 220 valence electrons. The number of fused-ring (bicyclic) bond motifs is 4. The van der Waals surface area contributed by atoms with Gasteiger partial charge in [0.25, 0.3) is 0 Å². The summed E-state index contributed by atoms with van der Waals surface area (Å²) < 4.78 is 2.45. The maximum Gasteiger partial charge on any atom is 0.164 e. The van der Waals surface area contributed by atoms with E-state index in [1.807, 2.05) is 47.7 Å². The highest BCUT2D eigenvalue weighted by Crippen LogP contribution is 2.44. The number of thiophene rings is 1. The summed E-state index contributed by atoms with van der Waals surface area (Å²) in [5.41, 5.74) is 7.60. The van der Waals surface area contributed by atoms with Gasteiger partial charge < -0.3 is 0 Å². The maximum absolute atomic E-state index is 5.17. The first kappa shape index (κ1) is 27.3. The van der Waals surface area contributed by atoms with Gasteiger partial charge in [-0.1, -0.05) is 140 Å². The van der Waals surface area contributed by atoms with Crippen LogP contribution in [0.2, 0.25) is 0 Å². The van der Waals surface area contributed by atoms with Crippen molar-refractivity contribution in [3.63, 3.8) is 0 Å². The molecule has 0 amide bonds. The molecule has 0 saturated carbocycles. The zero-order valence-electron chi connectivity index (χ0n) is 25.3.